The molecule has 1 saturated carbocycles. The molecule has 0 saturated heterocycles. The van der Waals surface area contributed by atoms with Crippen molar-refractivity contribution < 1.29 is 19.4 Å². The predicted molar refractivity (Wildman–Crippen MR) is 57.0 cm³/mol. The summed E-state index contributed by atoms with van der Waals surface area (Å²) in [5.41, 5.74) is 0. The van der Waals surface area contributed by atoms with Gasteiger partial charge in [-0.2, -0.15) is 0 Å². The Morgan fingerprint density at radius 2 is 2.31 bits per heavy atom. The Labute approximate surface area is 95.0 Å². The first kappa shape index (κ1) is 9.65. The van der Waals surface area contributed by atoms with Crippen LogP contribution in [0.5, 0.6) is 5.75 Å². The zero-order chi connectivity index (χ0) is 11.3. The lowest BCUT2D eigenvalue weighted by atomic mass is 10.2. The first-order valence-corrected chi connectivity index (χ1v) is 5.81. The molecule has 1 aliphatic carbocycles. The van der Waals surface area contributed by atoms with E-state index in [0.29, 0.717) is 16.7 Å². The number of aromatic carboxylic acids is 1. The van der Waals surface area contributed by atoms with Crippen LogP contribution in [-0.2, 0) is 4.79 Å². The fraction of sp³-hybridized carbons (Fsp3) is 0.400. The number of nitrogens with one attached hydrogen (secondary N) is 1. The van der Waals surface area contributed by atoms with Crippen LogP contribution >= 0.6 is 11.3 Å². The zero-order valence-corrected chi connectivity index (χ0v) is 9.04. The minimum Gasteiger partial charge on any atom is -0.477 e. The van der Waals surface area contributed by atoms with E-state index in [2.05, 4.69) is 5.32 Å². The summed E-state index contributed by atoms with van der Waals surface area (Å²) in [7, 11) is 0. The van der Waals surface area contributed by atoms with Crippen LogP contribution in [0.25, 0.3) is 0 Å². The Morgan fingerprint density at radius 1 is 1.56 bits per heavy atom. The number of ether oxygens (including phenoxy) is 1. The van der Waals surface area contributed by atoms with Gasteiger partial charge in [-0.25, -0.2) is 4.79 Å². The van der Waals surface area contributed by atoms with Crippen molar-refractivity contribution in [3.63, 3.8) is 0 Å². The smallest absolute Gasteiger partial charge is 0.346 e. The molecule has 1 aromatic heterocycles. The van der Waals surface area contributed by atoms with Crippen molar-refractivity contribution in [2.75, 3.05) is 5.32 Å². The van der Waals surface area contributed by atoms with E-state index in [1.54, 1.807) is 0 Å². The predicted octanol–water partition coefficient (Wildman–Crippen LogP) is 1.56. The molecular weight excluding hydrogens is 230 g/mol. The molecule has 1 atom stereocenters. The maximum Gasteiger partial charge on any atom is 0.346 e. The van der Waals surface area contributed by atoms with Gasteiger partial charge in [-0.1, -0.05) is 0 Å². The molecule has 1 fully saturated rings. The molecule has 0 radical (unpaired) electrons. The minimum absolute atomic E-state index is 0.159. The van der Waals surface area contributed by atoms with E-state index in [1.807, 2.05) is 0 Å². The first-order valence-electron chi connectivity index (χ1n) is 5.00. The number of carboxylic acid groups (broad SMARTS) is 1. The second kappa shape index (κ2) is 3.21. The minimum atomic E-state index is -1.000. The molecule has 1 aliphatic heterocycles. The van der Waals surface area contributed by atoms with Gasteiger partial charge in [-0.05, 0) is 12.8 Å². The third kappa shape index (κ3) is 1.46. The van der Waals surface area contributed by atoms with E-state index in [4.69, 9.17) is 9.84 Å². The Kier molecular flexibility index (Phi) is 1.94. The second-order valence-corrected chi connectivity index (χ2v) is 5.03. The molecule has 3 rings (SSSR count). The van der Waals surface area contributed by atoms with E-state index in [0.717, 1.165) is 24.2 Å². The van der Waals surface area contributed by atoms with Crippen LogP contribution < -0.4 is 10.1 Å². The standard InChI is InChI=1S/C10H9NO4S/c12-8-7(4-1-2-4)15-5-3-6(10(13)14)16-9(5)11-8/h3-4,7H,1-2H2,(H,11,12)(H,13,14). The van der Waals surface area contributed by atoms with Crippen molar-refractivity contribution in [3.05, 3.63) is 10.9 Å². The number of carbonyl (C=O) groups excluding carboxylic acids is 1. The van der Waals surface area contributed by atoms with Gasteiger partial charge < -0.3 is 15.2 Å². The average molecular weight is 239 g/mol. The van der Waals surface area contributed by atoms with E-state index in [1.165, 1.54) is 6.07 Å². The van der Waals surface area contributed by atoms with E-state index < -0.39 is 12.1 Å². The molecule has 2 N–H and O–H groups in total. The number of carbonyl (C=O) groups is 2. The highest BCUT2D eigenvalue weighted by Crippen LogP contribution is 2.43. The lowest BCUT2D eigenvalue weighted by molar-refractivity contribution is -0.124. The van der Waals surface area contributed by atoms with Crippen LogP contribution in [0.1, 0.15) is 22.5 Å². The van der Waals surface area contributed by atoms with Gasteiger partial charge in [0.25, 0.3) is 5.91 Å². The van der Waals surface area contributed by atoms with E-state index in [-0.39, 0.29) is 10.8 Å². The highest BCUT2D eigenvalue weighted by atomic mass is 32.1. The van der Waals surface area contributed by atoms with Crippen molar-refractivity contribution in [3.8, 4) is 5.75 Å². The zero-order valence-electron chi connectivity index (χ0n) is 8.23. The van der Waals surface area contributed by atoms with Gasteiger partial charge in [0.1, 0.15) is 9.88 Å². The molecule has 2 aliphatic rings. The number of anilines is 1. The molecule has 0 bridgehead atoms. The van der Waals surface area contributed by atoms with Crippen molar-refractivity contribution in [1.29, 1.82) is 0 Å². The van der Waals surface area contributed by atoms with Crippen LogP contribution in [0.3, 0.4) is 0 Å². The number of fused-ring (bicyclic) bond motifs is 1. The van der Waals surface area contributed by atoms with Gasteiger partial charge in [-0.3, -0.25) is 4.79 Å². The largest absolute Gasteiger partial charge is 0.477 e. The second-order valence-electron chi connectivity index (χ2n) is 3.97. The van der Waals surface area contributed by atoms with Gasteiger partial charge in [0.05, 0.1) is 0 Å². The Hall–Kier alpha value is -1.56. The highest BCUT2D eigenvalue weighted by molar-refractivity contribution is 7.18. The third-order valence-electron chi connectivity index (χ3n) is 2.71. The molecule has 0 spiro atoms. The van der Waals surface area contributed by atoms with Crippen LogP contribution in [0.4, 0.5) is 5.00 Å². The molecule has 2 heterocycles. The maximum atomic E-state index is 11.6. The van der Waals surface area contributed by atoms with Gasteiger partial charge >= 0.3 is 5.97 Å². The number of amides is 1. The first-order chi connectivity index (χ1) is 7.65. The molecule has 1 unspecified atom stereocenters. The summed E-state index contributed by atoms with van der Waals surface area (Å²) < 4.78 is 5.53. The third-order valence-corrected chi connectivity index (χ3v) is 3.73. The summed E-state index contributed by atoms with van der Waals surface area (Å²) in [6.45, 7) is 0. The van der Waals surface area contributed by atoms with Crippen molar-refractivity contribution in [1.82, 2.24) is 0 Å². The maximum absolute atomic E-state index is 11.6. The summed E-state index contributed by atoms with van der Waals surface area (Å²) in [4.78, 5) is 22.6. The summed E-state index contributed by atoms with van der Waals surface area (Å²) in [5.74, 6) is -0.380. The summed E-state index contributed by atoms with van der Waals surface area (Å²) >= 11 is 1.02. The van der Waals surface area contributed by atoms with Gasteiger partial charge in [-0.15, -0.1) is 11.3 Å². The molecule has 5 nitrogen and oxygen atoms in total. The number of hydrogen-bond donors (Lipinski definition) is 2. The Bertz CT molecular complexity index is 477. The van der Waals surface area contributed by atoms with Crippen LogP contribution in [-0.4, -0.2) is 23.1 Å². The number of hydrogen-bond acceptors (Lipinski definition) is 4. The van der Waals surface area contributed by atoms with Crippen LogP contribution in [0.2, 0.25) is 0 Å². The van der Waals surface area contributed by atoms with Gasteiger partial charge in [0, 0.05) is 12.0 Å². The van der Waals surface area contributed by atoms with Crippen molar-refractivity contribution >= 4 is 28.2 Å². The average Bonchev–Trinajstić information content (AvgIpc) is 2.97. The molecular formula is C10H9NO4S. The highest BCUT2D eigenvalue weighted by Gasteiger charge is 2.41. The summed E-state index contributed by atoms with van der Waals surface area (Å²) in [6, 6.07) is 1.47. The lowest BCUT2D eigenvalue weighted by Crippen LogP contribution is -2.37. The molecule has 1 aromatic rings. The number of thiophene rings is 1. The number of rotatable bonds is 2. The molecule has 1 amide bonds. The number of carboxylic acids is 1. The fourth-order valence-electron chi connectivity index (χ4n) is 1.74. The summed E-state index contributed by atoms with van der Waals surface area (Å²) in [5, 5.41) is 12.0. The topological polar surface area (TPSA) is 75.6 Å². The Balaban J connectivity index is 1.92. The summed E-state index contributed by atoms with van der Waals surface area (Å²) in [6.07, 6.45) is 1.57. The monoisotopic (exact) mass is 239 g/mol. The van der Waals surface area contributed by atoms with Crippen molar-refractivity contribution in [2.24, 2.45) is 5.92 Å². The fourth-order valence-corrected chi connectivity index (χ4v) is 2.57. The van der Waals surface area contributed by atoms with Gasteiger partial charge in [0.15, 0.2) is 11.9 Å². The molecule has 6 heteroatoms. The molecule has 16 heavy (non-hydrogen) atoms. The van der Waals surface area contributed by atoms with Crippen LogP contribution in [0, 0.1) is 5.92 Å². The molecule has 0 aromatic carbocycles. The lowest BCUT2D eigenvalue weighted by Gasteiger charge is -2.22. The Morgan fingerprint density at radius 3 is 2.94 bits per heavy atom. The molecule has 84 valence electrons. The van der Waals surface area contributed by atoms with Crippen molar-refractivity contribution in [2.45, 2.75) is 18.9 Å². The van der Waals surface area contributed by atoms with Crippen LogP contribution in [0.15, 0.2) is 6.07 Å². The normalized spacial score (nSPS) is 23.2. The van der Waals surface area contributed by atoms with E-state index in [9.17, 15) is 9.59 Å². The quantitative estimate of drug-likeness (QED) is 0.821. The SMILES string of the molecule is O=C(O)c1cc2c(s1)NC(=O)C(C1CC1)O2. The van der Waals surface area contributed by atoms with Gasteiger partial charge in [0.2, 0.25) is 0 Å². The van der Waals surface area contributed by atoms with E-state index >= 15 is 0 Å².